The number of nitrogens with one attached hydrogen (secondary N) is 1. The zero-order valence-corrected chi connectivity index (χ0v) is 8.19. The van der Waals surface area contributed by atoms with Crippen LogP contribution in [-0.2, 0) is 6.54 Å². The van der Waals surface area contributed by atoms with E-state index in [1.54, 1.807) is 0 Å². The van der Waals surface area contributed by atoms with Crippen LogP contribution in [0.3, 0.4) is 0 Å². The Morgan fingerprint density at radius 2 is 2.33 bits per heavy atom. The summed E-state index contributed by atoms with van der Waals surface area (Å²) in [5.74, 6) is 0. The Hall–Kier alpha value is -0.680. The highest BCUT2D eigenvalue weighted by atomic mass is 32.1. The summed E-state index contributed by atoms with van der Waals surface area (Å²) >= 11 is 1.52. The third-order valence-corrected chi connectivity index (χ3v) is 2.50. The van der Waals surface area contributed by atoms with Gasteiger partial charge in [0.2, 0.25) is 5.13 Å². The molecular weight excluding hydrogens is 172 g/mol. The van der Waals surface area contributed by atoms with Gasteiger partial charge < -0.3 is 11.1 Å². The number of hydrogen-bond acceptors (Lipinski definition) is 5. The first-order valence-electron chi connectivity index (χ1n) is 4.05. The predicted octanol–water partition coefficient (Wildman–Crippen LogP) is 1.21. The minimum Gasteiger partial charge on any atom is -0.358 e. The van der Waals surface area contributed by atoms with Gasteiger partial charge in [0, 0.05) is 12.6 Å². The van der Waals surface area contributed by atoms with Gasteiger partial charge in [0.15, 0.2) is 0 Å². The van der Waals surface area contributed by atoms with Gasteiger partial charge in [0.1, 0.15) is 5.01 Å². The van der Waals surface area contributed by atoms with Crippen molar-refractivity contribution >= 4 is 16.5 Å². The van der Waals surface area contributed by atoms with Gasteiger partial charge >= 0.3 is 0 Å². The molecule has 12 heavy (non-hydrogen) atoms. The fourth-order valence-corrected chi connectivity index (χ4v) is 1.44. The first-order valence-corrected chi connectivity index (χ1v) is 4.87. The Kier molecular flexibility index (Phi) is 3.43. The summed E-state index contributed by atoms with van der Waals surface area (Å²) in [4.78, 5) is 0. The smallest absolute Gasteiger partial charge is 0.205 e. The molecule has 0 radical (unpaired) electrons. The molecule has 0 saturated carbocycles. The molecule has 1 heterocycles. The fourth-order valence-electron chi connectivity index (χ4n) is 0.707. The molecule has 68 valence electrons. The van der Waals surface area contributed by atoms with Crippen molar-refractivity contribution in [1.82, 2.24) is 10.2 Å². The highest BCUT2D eigenvalue weighted by molar-refractivity contribution is 7.15. The van der Waals surface area contributed by atoms with Crippen molar-refractivity contribution in [3.8, 4) is 0 Å². The molecule has 1 aromatic rings. The second kappa shape index (κ2) is 4.37. The molecule has 0 aliphatic carbocycles. The Bertz CT molecular complexity index is 235. The summed E-state index contributed by atoms with van der Waals surface area (Å²) < 4.78 is 0. The average molecular weight is 186 g/mol. The van der Waals surface area contributed by atoms with Crippen LogP contribution in [0.4, 0.5) is 5.13 Å². The maximum atomic E-state index is 5.41. The van der Waals surface area contributed by atoms with Gasteiger partial charge in [-0.15, -0.1) is 10.2 Å². The van der Waals surface area contributed by atoms with Crippen LogP contribution in [0.1, 0.15) is 25.3 Å². The van der Waals surface area contributed by atoms with Crippen molar-refractivity contribution in [2.75, 3.05) is 5.32 Å². The zero-order valence-electron chi connectivity index (χ0n) is 7.37. The molecular formula is C7H14N4S. The van der Waals surface area contributed by atoms with Crippen LogP contribution in [0, 0.1) is 0 Å². The normalized spacial score (nSPS) is 12.9. The van der Waals surface area contributed by atoms with Crippen molar-refractivity contribution in [2.24, 2.45) is 5.73 Å². The number of anilines is 1. The van der Waals surface area contributed by atoms with Crippen LogP contribution >= 0.6 is 11.3 Å². The second-order valence-electron chi connectivity index (χ2n) is 2.66. The zero-order chi connectivity index (χ0) is 8.97. The maximum Gasteiger partial charge on any atom is 0.205 e. The molecule has 0 aromatic carbocycles. The molecule has 0 spiro atoms. The molecule has 0 aliphatic rings. The van der Waals surface area contributed by atoms with E-state index < -0.39 is 0 Å². The van der Waals surface area contributed by atoms with Gasteiger partial charge in [0.25, 0.3) is 0 Å². The number of nitrogens with two attached hydrogens (primary N) is 1. The van der Waals surface area contributed by atoms with E-state index in [1.165, 1.54) is 11.3 Å². The third-order valence-electron chi connectivity index (χ3n) is 1.62. The van der Waals surface area contributed by atoms with Crippen molar-refractivity contribution in [3.63, 3.8) is 0 Å². The summed E-state index contributed by atoms with van der Waals surface area (Å²) in [6.07, 6.45) is 1.08. The molecule has 0 fully saturated rings. The van der Waals surface area contributed by atoms with Gasteiger partial charge in [-0.05, 0) is 13.3 Å². The summed E-state index contributed by atoms with van der Waals surface area (Å²) in [7, 11) is 0. The molecule has 1 atom stereocenters. The van der Waals surface area contributed by atoms with Crippen LogP contribution in [0.15, 0.2) is 0 Å². The molecule has 1 aromatic heterocycles. The standard InChI is InChI=1S/C7H14N4S/c1-3-5(2)9-7-11-10-6(4-8)12-7/h5H,3-4,8H2,1-2H3,(H,9,11). The molecule has 4 nitrogen and oxygen atoms in total. The summed E-state index contributed by atoms with van der Waals surface area (Å²) in [5.41, 5.74) is 5.41. The van der Waals surface area contributed by atoms with E-state index >= 15 is 0 Å². The van der Waals surface area contributed by atoms with Crippen LogP contribution < -0.4 is 11.1 Å². The SMILES string of the molecule is CCC(C)Nc1nnc(CN)s1. The largest absolute Gasteiger partial charge is 0.358 e. The molecule has 1 unspecified atom stereocenters. The molecule has 0 saturated heterocycles. The van der Waals surface area contributed by atoms with E-state index in [0.29, 0.717) is 12.6 Å². The van der Waals surface area contributed by atoms with E-state index in [2.05, 4.69) is 29.4 Å². The summed E-state index contributed by atoms with van der Waals surface area (Å²) in [6.45, 7) is 4.71. The number of aromatic nitrogens is 2. The maximum absolute atomic E-state index is 5.41. The van der Waals surface area contributed by atoms with E-state index in [9.17, 15) is 0 Å². The molecule has 1 rings (SSSR count). The lowest BCUT2D eigenvalue weighted by Gasteiger charge is -2.07. The lowest BCUT2D eigenvalue weighted by Crippen LogP contribution is -2.12. The Morgan fingerprint density at radius 1 is 1.58 bits per heavy atom. The number of hydrogen-bond donors (Lipinski definition) is 2. The van der Waals surface area contributed by atoms with E-state index in [-0.39, 0.29) is 0 Å². The topological polar surface area (TPSA) is 63.8 Å². The summed E-state index contributed by atoms with van der Waals surface area (Å²) in [6, 6.07) is 0.448. The summed E-state index contributed by atoms with van der Waals surface area (Å²) in [5, 5.41) is 12.8. The van der Waals surface area contributed by atoms with Gasteiger partial charge in [-0.3, -0.25) is 0 Å². The second-order valence-corrected chi connectivity index (χ2v) is 3.72. The van der Waals surface area contributed by atoms with E-state index in [0.717, 1.165) is 16.6 Å². The monoisotopic (exact) mass is 186 g/mol. The Labute approximate surface area is 76.2 Å². The Balaban J connectivity index is 2.52. The lowest BCUT2D eigenvalue weighted by molar-refractivity contribution is 0.759. The third kappa shape index (κ3) is 2.42. The van der Waals surface area contributed by atoms with Crippen LogP contribution in [0.2, 0.25) is 0 Å². The van der Waals surface area contributed by atoms with Gasteiger partial charge in [-0.1, -0.05) is 18.3 Å². The fraction of sp³-hybridized carbons (Fsp3) is 0.714. The van der Waals surface area contributed by atoms with Crippen LogP contribution in [0.5, 0.6) is 0 Å². The van der Waals surface area contributed by atoms with Gasteiger partial charge in [-0.2, -0.15) is 0 Å². The van der Waals surface area contributed by atoms with Gasteiger partial charge in [-0.25, -0.2) is 0 Å². The van der Waals surface area contributed by atoms with Crippen molar-refractivity contribution in [2.45, 2.75) is 32.9 Å². The minimum atomic E-state index is 0.448. The number of nitrogens with zero attached hydrogens (tertiary/aromatic N) is 2. The van der Waals surface area contributed by atoms with E-state index in [1.807, 2.05) is 0 Å². The molecule has 5 heteroatoms. The Morgan fingerprint density at radius 3 is 2.83 bits per heavy atom. The highest BCUT2D eigenvalue weighted by Crippen LogP contribution is 2.15. The van der Waals surface area contributed by atoms with Crippen molar-refractivity contribution in [3.05, 3.63) is 5.01 Å². The molecule has 0 aliphatic heterocycles. The molecule has 3 N–H and O–H groups in total. The lowest BCUT2D eigenvalue weighted by atomic mass is 10.3. The molecule has 0 bridgehead atoms. The van der Waals surface area contributed by atoms with Gasteiger partial charge in [0.05, 0.1) is 0 Å². The number of rotatable bonds is 4. The van der Waals surface area contributed by atoms with Crippen LogP contribution in [0.25, 0.3) is 0 Å². The first kappa shape index (κ1) is 9.41. The first-order chi connectivity index (χ1) is 5.76. The highest BCUT2D eigenvalue weighted by Gasteiger charge is 2.04. The van der Waals surface area contributed by atoms with Crippen molar-refractivity contribution < 1.29 is 0 Å². The quantitative estimate of drug-likeness (QED) is 0.741. The van der Waals surface area contributed by atoms with Crippen LogP contribution in [-0.4, -0.2) is 16.2 Å². The van der Waals surface area contributed by atoms with E-state index in [4.69, 9.17) is 5.73 Å². The average Bonchev–Trinajstić information content (AvgIpc) is 2.52. The molecule has 0 amide bonds. The van der Waals surface area contributed by atoms with Crippen molar-refractivity contribution in [1.29, 1.82) is 0 Å². The minimum absolute atomic E-state index is 0.448. The predicted molar refractivity (Wildman–Crippen MR) is 51.2 cm³/mol.